The molecule has 0 saturated carbocycles. The van der Waals surface area contributed by atoms with E-state index in [0.717, 1.165) is 38.9 Å². The molecule has 1 aliphatic carbocycles. The Balaban J connectivity index is 1.90. The summed E-state index contributed by atoms with van der Waals surface area (Å²) in [5.41, 5.74) is 4.19. The monoisotopic (exact) mass is 350 g/mol. The lowest BCUT2D eigenvalue weighted by Gasteiger charge is -2.18. The molecule has 0 N–H and O–H groups in total. The Labute approximate surface area is 130 Å². The van der Waals surface area contributed by atoms with Gasteiger partial charge in [0, 0.05) is 23.1 Å². The maximum absolute atomic E-state index is 11.3. The highest BCUT2D eigenvalue weighted by Gasteiger charge is 2.22. The number of halogens is 2. The van der Waals surface area contributed by atoms with E-state index in [1.165, 1.54) is 0 Å². The predicted octanol–water partition coefficient (Wildman–Crippen LogP) is 4.44. The van der Waals surface area contributed by atoms with Gasteiger partial charge >= 0.3 is 0 Å². The van der Waals surface area contributed by atoms with Gasteiger partial charge in [-0.1, -0.05) is 29.8 Å². The van der Waals surface area contributed by atoms with Crippen LogP contribution in [0.3, 0.4) is 0 Å². The number of fused-ring (bicyclic) bond motifs is 1. The first-order chi connectivity index (χ1) is 9.58. The summed E-state index contributed by atoms with van der Waals surface area (Å²) in [6.45, 7) is 0. The van der Waals surface area contributed by atoms with E-state index in [4.69, 9.17) is 16.3 Å². The van der Waals surface area contributed by atoms with Gasteiger partial charge in [0.05, 0.1) is 11.6 Å². The maximum atomic E-state index is 11.3. The van der Waals surface area contributed by atoms with Crippen LogP contribution in [-0.4, -0.2) is 12.9 Å². The minimum Gasteiger partial charge on any atom is -0.496 e. The number of benzene rings is 2. The van der Waals surface area contributed by atoms with Crippen LogP contribution in [0.5, 0.6) is 5.75 Å². The molecule has 102 valence electrons. The molecule has 0 unspecified atom stereocenters. The molecule has 0 atom stereocenters. The molecule has 0 radical (unpaired) electrons. The maximum Gasteiger partial charge on any atom is 0.167 e. The molecular weight excluding hydrogens is 340 g/mol. The Morgan fingerprint density at radius 2 is 2.10 bits per heavy atom. The fourth-order valence-corrected chi connectivity index (χ4v) is 3.19. The Kier molecular flexibility index (Phi) is 3.57. The Morgan fingerprint density at radius 3 is 2.75 bits per heavy atom. The average molecular weight is 352 g/mol. The highest BCUT2D eigenvalue weighted by molar-refractivity contribution is 9.10. The van der Waals surface area contributed by atoms with Gasteiger partial charge < -0.3 is 4.74 Å². The van der Waals surface area contributed by atoms with Crippen molar-refractivity contribution >= 4 is 33.3 Å². The van der Waals surface area contributed by atoms with Gasteiger partial charge in [0.1, 0.15) is 5.75 Å². The third-order valence-electron chi connectivity index (χ3n) is 3.54. The zero-order valence-electron chi connectivity index (χ0n) is 10.9. The van der Waals surface area contributed by atoms with Crippen LogP contribution >= 0.6 is 27.5 Å². The average Bonchev–Trinajstić information content (AvgIpc) is 2.41. The zero-order chi connectivity index (χ0) is 14.3. The van der Waals surface area contributed by atoms with E-state index >= 15 is 0 Å². The second kappa shape index (κ2) is 5.23. The molecule has 1 aliphatic rings. The van der Waals surface area contributed by atoms with Gasteiger partial charge in [-0.3, -0.25) is 4.79 Å². The van der Waals surface area contributed by atoms with E-state index in [2.05, 4.69) is 22.0 Å². The molecule has 2 aromatic carbocycles. The van der Waals surface area contributed by atoms with Crippen molar-refractivity contribution in [3.63, 3.8) is 0 Å². The van der Waals surface area contributed by atoms with Gasteiger partial charge in [-0.15, -0.1) is 0 Å². The summed E-state index contributed by atoms with van der Waals surface area (Å²) in [4.78, 5) is 11.3. The topological polar surface area (TPSA) is 26.3 Å². The first-order valence-corrected chi connectivity index (χ1v) is 7.42. The van der Waals surface area contributed by atoms with E-state index in [9.17, 15) is 4.79 Å². The van der Waals surface area contributed by atoms with Gasteiger partial charge in [-0.25, -0.2) is 0 Å². The fraction of sp³-hybridized carbons (Fsp3) is 0.188. The summed E-state index contributed by atoms with van der Waals surface area (Å²) < 4.78 is 6.11. The van der Waals surface area contributed by atoms with Crippen LogP contribution in [0.2, 0.25) is 5.02 Å². The van der Waals surface area contributed by atoms with Crippen molar-refractivity contribution in [3.8, 4) is 5.75 Å². The van der Waals surface area contributed by atoms with Crippen LogP contribution < -0.4 is 4.74 Å². The molecule has 2 aromatic rings. The summed E-state index contributed by atoms with van der Waals surface area (Å²) in [6, 6.07) is 9.77. The number of ether oxygens (including phenoxy) is 1. The van der Waals surface area contributed by atoms with Crippen molar-refractivity contribution in [2.24, 2.45) is 0 Å². The minimum absolute atomic E-state index is 0.233. The van der Waals surface area contributed by atoms with Crippen LogP contribution in [0.15, 0.2) is 34.8 Å². The van der Waals surface area contributed by atoms with Crippen molar-refractivity contribution in [1.82, 2.24) is 0 Å². The number of methoxy groups -OCH3 is 1. The molecule has 0 aliphatic heterocycles. The van der Waals surface area contributed by atoms with E-state index in [0.29, 0.717) is 11.4 Å². The van der Waals surface area contributed by atoms with E-state index in [1.54, 1.807) is 7.11 Å². The standard InChI is InChI=1S/C16H12BrClO2/c1-20-16-8-14(18)11(6-13(16)17)5-9-2-3-12-10(4-9)7-15(12)19/h2-4,6,8H,5,7H2,1H3. The highest BCUT2D eigenvalue weighted by atomic mass is 79.9. The molecule has 0 saturated heterocycles. The number of hydrogen-bond acceptors (Lipinski definition) is 2. The molecule has 3 rings (SSSR count). The molecule has 0 fully saturated rings. The van der Waals surface area contributed by atoms with Gasteiger partial charge in [0.15, 0.2) is 5.78 Å². The third-order valence-corrected chi connectivity index (χ3v) is 4.51. The van der Waals surface area contributed by atoms with Crippen LogP contribution in [0.1, 0.15) is 27.0 Å². The lowest BCUT2D eigenvalue weighted by atomic mass is 9.85. The third kappa shape index (κ3) is 2.36. The number of carbonyl (C=O) groups excluding carboxylic acids is 1. The van der Waals surface area contributed by atoms with E-state index < -0.39 is 0 Å². The van der Waals surface area contributed by atoms with Crippen molar-refractivity contribution in [1.29, 1.82) is 0 Å². The quantitative estimate of drug-likeness (QED) is 0.817. The molecule has 2 nitrogen and oxygen atoms in total. The van der Waals surface area contributed by atoms with Crippen LogP contribution in [0.4, 0.5) is 0 Å². The number of carbonyl (C=O) groups is 1. The lowest BCUT2D eigenvalue weighted by Crippen LogP contribution is -2.18. The normalized spacial score (nSPS) is 12.8. The van der Waals surface area contributed by atoms with E-state index in [-0.39, 0.29) is 5.78 Å². The summed E-state index contributed by atoms with van der Waals surface area (Å²) in [5, 5.41) is 0.684. The SMILES string of the molecule is COc1cc(Cl)c(Cc2ccc3c(c2)CC3=O)cc1Br. The summed E-state index contributed by atoms with van der Waals surface area (Å²) in [6.07, 6.45) is 1.30. The second-order valence-electron chi connectivity index (χ2n) is 4.85. The predicted molar refractivity (Wildman–Crippen MR) is 83.0 cm³/mol. The smallest absolute Gasteiger partial charge is 0.167 e. The number of hydrogen-bond donors (Lipinski definition) is 0. The van der Waals surface area contributed by atoms with Crippen LogP contribution in [-0.2, 0) is 12.8 Å². The van der Waals surface area contributed by atoms with Crippen molar-refractivity contribution in [2.45, 2.75) is 12.8 Å². The van der Waals surface area contributed by atoms with Gasteiger partial charge in [0.25, 0.3) is 0 Å². The molecule has 0 amide bonds. The summed E-state index contributed by atoms with van der Waals surface area (Å²) in [7, 11) is 1.62. The Morgan fingerprint density at radius 1 is 1.30 bits per heavy atom. The van der Waals surface area contributed by atoms with Crippen molar-refractivity contribution in [2.75, 3.05) is 7.11 Å². The Hall–Kier alpha value is -1.32. The minimum atomic E-state index is 0.233. The second-order valence-corrected chi connectivity index (χ2v) is 6.11. The number of rotatable bonds is 3. The molecular formula is C16H12BrClO2. The van der Waals surface area contributed by atoms with Crippen LogP contribution in [0.25, 0.3) is 0 Å². The molecule has 0 aromatic heterocycles. The van der Waals surface area contributed by atoms with Crippen molar-refractivity contribution in [3.05, 3.63) is 62.1 Å². The van der Waals surface area contributed by atoms with Gasteiger partial charge in [-0.2, -0.15) is 0 Å². The van der Waals surface area contributed by atoms with E-state index in [1.807, 2.05) is 24.3 Å². The molecule has 0 spiro atoms. The lowest BCUT2D eigenvalue weighted by molar-refractivity contribution is 0.0968. The molecule has 0 bridgehead atoms. The molecule has 20 heavy (non-hydrogen) atoms. The number of ketones is 1. The largest absolute Gasteiger partial charge is 0.496 e. The van der Waals surface area contributed by atoms with Gasteiger partial charge in [-0.05, 0) is 45.1 Å². The molecule has 0 heterocycles. The first kappa shape index (κ1) is 13.7. The molecule has 4 heteroatoms. The number of Topliss-reactive ketones (excluding diaryl/α,β-unsaturated/α-hetero) is 1. The van der Waals surface area contributed by atoms with Crippen molar-refractivity contribution < 1.29 is 9.53 Å². The summed E-state index contributed by atoms with van der Waals surface area (Å²) in [5.74, 6) is 0.957. The van der Waals surface area contributed by atoms with Crippen LogP contribution in [0, 0.1) is 0 Å². The Bertz CT molecular complexity index is 710. The first-order valence-electron chi connectivity index (χ1n) is 6.25. The highest BCUT2D eigenvalue weighted by Crippen LogP contribution is 2.33. The zero-order valence-corrected chi connectivity index (χ0v) is 13.2. The van der Waals surface area contributed by atoms with Gasteiger partial charge in [0.2, 0.25) is 0 Å². The fourth-order valence-electron chi connectivity index (χ4n) is 2.42. The summed E-state index contributed by atoms with van der Waals surface area (Å²) >= 11 is 9.75.